The Kier molecular flexibility index (Phi) is 5.73. The van der Waals surface area contributed by atoms with Gasteiger partial charge in [0.1, 0.15) is 22.6 Å². The summed E-state index contributed by atoms with van der Waals surface area (Å²) in [5.74, 6) is -0.0265. The summed E-state index contributed by atoms with van der Waals surface area (Å²) in [4.78, 5) is 3.89. The van der Waals surface area contributed by atoms with Gasteiger partial charge in [0.15, 0.2) is 0 Å². The van der Waals surface area contributed by atoms with E-state index in [0.29, 0.717) is 23.3 Å². The molecule has 0 saturated carbocycles. The van der Waals surface area contributed by atoms with Crippen molar-refractivity contribution in [2.24, 2.45) is 0 Å². The summed E-state index contributed by atoms with van der Waals surface area (Å²) < 4.78 is 75.6. The lowest BCUT2D eigenvalue weighted by Crippen LogP contribution is -2.81. The van der Waals surface area contributed by atoms with E-state index in [4.69, 9.17) is 16.3 Å². The molecule has 0 radical (unpaired) electrons. The summed E-state index contributed by atoms with van der Waals surface area (Å²) in [5, 5.41) is 0.244. The van der Waals surface area contributed by atoms with Crippen LogP contribution in [0, 0.1) is 0 Å². The number of quaternary nitrogens is 1. The van der Waals surface area contributed by atoms with Crippen LogP contribution in [0.5, 0.6) is 5.75 Å². The van der Waals surface area contributed by atoms with Crippen LogP contribution in [0.4, 0.5) is 18.3 Å². The van der Waals surface area contributed by atoms with Gasteiger partial charge >= 0.3 is 21.3 Å². The summed E-state index contributed by atoms with van der Waals surface area (Å²) in [6, 6.07) is 7.76. The molecule has 0 spiro atoms. The highest BCUT2D eigenvalue weighted by atomic mass is 35.5. The topological polar surface area (TPSA) is 85.8 Å². The van der Waals surface area contributed by atoms with E-state index in [0.717, 1.165) is 28.4 Å². The van der Waals surface area contributed by atoms with Gasteiger partial charge in [-0.05, 0) is 44.0 Å². The Morgan fingerprint density at radius 2 is 1.91 bits per heavy atom. The molecule has 0 saturated heterocycles. The summed E-state index contributed by atoms with van der Waals surface area (Å²) in [5.41, 5.74) is -0.352. The van der Waals surface area contributed by atoms with Crippen LogP contribution in [0.1, 0.15) is 42.9 Å². The van der Waals surface area contributed by atoms with Gasteiger partial charge in [0.25, 0.3) is 0 Å². The maximum Gasteiger partial charge on any atom is 0.416 e. The number of primary sulfonamides is 1. The summed E-state index contributed by atoms with van der Waals surface area (Å²) in [6.07, 6.45) is -2.78. The van der Waals surface area contributed by atoms with E-state index in [1.165, 1.54) is 24.5 Å². The van der Waals surface area contributed by atoms with Crippen molar-refractivity contribution in [3.8, 4) is 5.75 Å². The molecule has 1 aliphatic rings. The van der Waals surface area contributed by atoms with Crippen molar-refractivity contribution >= 4 is 38.3 Å². The van der Waals surface area contributed by atoms with Crippen LogP contribution in [0.3, 0.4) is 0 Å². The van der Waals surface area contributed by atoms with Crippen molar-refractivity contribution in [2.45, 2.75) is 42.9 Å². The normalized spacial score (nSPS) is 18.1. The summed E-state index contributed by atoms with van der Waals surface area (Å²) in [6.45, 7) is 3.66. The number of hydrogen-bond acceptors (Lipinski definition) is 6. The molecule has 0 fully saturated rings. The molecule has 1 aromatic heterocycles. The smallest absolute Gasteiger partial charge is 0.416 e. The second-order valence-electron chi connectivity index (χ2n) is 7.99. The minimum Gasteiger partial charge on any atom is -0.487 e. The number of rotatable bonds is 4. The fourth-order valence-electron chi connectivity index (χ4n) is 3.71. The Morgan fingerprint density at radius 1 is 1.19 bits per heavy atom. The van der Waals surface area contributed by atoms with Gasteiger partial charge in [-0.15, -0.1) is 0 Å². The maximum absolute atomic E-state index is 13.0. The van der Waals surface area contributed by atoms with Gasteiger partial charge in [-0.2, -0.15) is 35.7 Å². The van der Waals surface area contributed by atoms with Gasteiger partial charge in [0.2, 0.25) is 0 Å². The third-order valence-corrected chi connectivity index (χ3v) is 7.64. The van der Waals surface area contributed by atoms with Crippen molar-refractivity contribution in [1.82, 2.24) is 9.36 Å². The minimum atomic E-state index is -4.50. The van der Waals surface area contributed by atoms with Crippen LogP contribution in [0.15, 0.2) is 47.6 Å². The van der Waals surface area contributed by atoms with Gasteiger partial charge in [0, 0.05) is 34.1 Å². The Hall–Kier alpha value is -2.21. The van der Waals surface area contributed by atoms with Crippen molar-refractivity contribution < 1.29 is 31.0 Å². The number of hydrogen-bond donors (Lipinski definition) is 1. The highest BCUT2D eigenvalue weighted by Crippen LogP contribution is 2.47. The lowest BCUT2D eigenvalue weighted by Gasteiger charge is -2.38. The van der Waals surface area contributed by atoms with Crippen LogP contribution in [-0.4, -0.2) is 23.4 Å². The Balaban J connectivity index is 1.75. The quantitative estimate of drug-likeness (QED) is 0.566. The molecular formula is C20H18ClF3N3O3S2+. The van der Waals surface area contributed by atoms with Crippen molar-refractivity contribution in [2.75, 3.05) is 0 Å². The highest BCUT2D eigenvalue weighted by molar-refractivity contribution is 7.85. The van der Waals surface area contributed by atoms with Crippen molar-refractivity contribution in [3.05, 3.63) is 64.4 Å². The molecule has 0 bridgehead atoms. The van der Waals surface area contributed by atoms with Crippen molar-refractivity contribution in [3.63, 3.8) is 0 Å². The van der Waals surface area contributed by atoms with Gasteiger partial charge < -0.3 is 4.74 Å². The zero-order valence-electron chi connectivity index (χ0n) is 16.9. The van der Waals surface area contributed by atoms with E-state index in [1.807, 2.05) is 13.8 Å². The number of nitrogens with zero attached hydrogens (tertiary/aromatic N) is 2. The molecule has 1 unspecified atom stereocenters. The number of alkyl halides is 3. The van der Waals surface area contributed by atoms with Crippen LogP contribution in [0.2, 0.25) is 5.02 Å². The van der Waals surface area contributed by atoms with Crippen LogP contribution < -0.4 is 9.46 Å². The summed E-state index contributed by atoms with van der Waals surface area (Å²) >= 11 is 7.21. The van der Waals surface area contributed by atoms with Gasteiger partial charge in [-0.1, -0.05) is 23.7 Å². The third kappa shape index (κ3) is 4.61. The monoisotopic (exact) mass is 504 g/mol. The standard InChI is InChI=1S/C20H17ClF3N3O3S2/c1-19(2)9-15(13-5-3-11(7-16(13)21)20(22,23)24)14-6-4-12(8-17(14)30-19)32(28,29)27-18-25-10-26-31-18/h3-8,10,15H,9H2,1-2H3,(H,25,26,27)/p+1. The lowest BCUT2D eigenvalue weighted by atomic mass is 9.80. The zero-order chi connectivity index (χ0) is 23.3. The minimum absolute atomic E-state index is 0.00484. The fraction of sp³-hybridized carbons (Fsp3) is 0.300. The van der Waals surface area contributed by atoms with Crippen LogP contribution in [0.25, 0.3) is 0 Å². The molecule has 12 heteroatoms. The predicted molar refractivity (Wildman–Crippen MR) is 113 cm³/mol. The van der Waals surface area contributed by atoms with Crippen LogP contribution >= 0.6 is 23.1 Å². The highest BCUT2D eigenvalue weighted by Gasteiger charge is 2.38. The fourth-order valence-corrected chi connectivity index (χ4v) is 5.86. The predicted octanol–water partition coefficient (Wildman–Crippen LogP) is 4.49. The van der Waals surface area contributed by atoms with Crippen LogP contribution in [-0.2, 0) is 16.2 Å². The van der Waals surface area contributed by atoms with E-state index in [2.05, 4.69) is 9.36 Å². The molecule has 4 rings (SSSR count). The average Bonchev–Trinajstić information content (AvgIpc) is 3.17. The van der Waals surface area contributed by atoms with E-state index in [-0.39, 0.29) is 21.0 Å². The molecular weight excluding hydrogens is 487 g/mol. The van der Waals surface area contributed by atoms with Gasteiger partial charge in [0.05, 0.1) is 5.56 Å². The Morgan fingerprint density at radius 3 is 2.53 bits per heavy atom. The zero-order valence-corrected chi connectivity index (χ0v) is 19.2. The third-order valence-electron chi connectivity index (χ3n) is 5.11. The second-order valence-corrected chi connectivity index (χ2v) is 11.0. The number of ether oxygens (including phenoxy) is 1. The van der Waals surface area contributed by atoms with E-state index in [1.54, 1.807) is 6.07 Å². The first kappa shape index (κ1) is 23.0. The maximum atomic E-state index is 13.0. The molecule has 2 heterocycles. The molecule has 1 aliphatic heterocycles. The van der Waals surface area contributed by atoms with E-state index >= 15 is 0 Å². The molecule has 1 atom stereocenters. The summed E-state index contributed by atoms with van der Waals surface area (Å²) in [7, 11) is -3.81. The number of sulfonamides is 1. The number of aromatic nitrogens is 2. The molecule has 32 heavy (non-hydrogen) atoms. The molecule has 0 amide bonds. The Labute approximate surface area is 191 Å². The molecule has 6 nitrogen and oxygen atoms in total. The average molecular weight is 505 g/mol. The number of halogens is 4. The molecule has 2 N–H and O–H groups in total. The Bertz CT molecular complexity index is 1260. The van der Waals surface area contributed by atoms with Gasteiger partial charge in [-0.25, -0.2) is 0 Å². The first-order chi connectivity index (χ1) is 14.9. The number of nitrogens with two attached hydrogens (primary N) is 1. The second kappa shape index (κ2) is 7.98. The SMILES string of the molecule is CC1(C)CC(c2ccc(C(F)(F)F)cc2Cl)c2ccc(S(=O)(=O)[NH2+]c3ncns3)cc2O1. The molecule has 3 aromatic rings. The number of fused-ring (bicyclic) bond motifs is 1. The molecule has 2 aromatic carbocycles. The lowest BCUT2D eigenvalue weighted by molar-refractivity contribution is -0.397. The first-order valence-corrected chi connectivity index (χ1v) is 12.1. The van der Waals surface area contributed by atoms with Crippen molar-refractivity contribution in [1.29, 1.82) is 0 Å². The first-order valence-electron chi connectivity index (χ1n) is 9.42. The number of benzene rings is 2. The van der Waals surface area contributed by atoms with E-state index in [9.17, 15) is 21.6 Å². The van der Waals surface area contributed by atoms with E-state index < -0.39 is 27.4 Å². The molecule has 170 valence electrons. The largest absolute Gasteiger partial charge is 0.487 e. The molecule has 0 aliphatic carbocycles. The van der Waals surface area contributed by atoms with Gasteiger partial charge in [-0.3, -0.25) is 0 Å².